The number of rotatable bonds is 6. The number of piperazine rings is 1. The van der Waals surface area contributed by atoms with Crippen molar-refractivity contribution >= 4 is 23.0 Å². The molecule has 35 heavy (non-hydrogen) atoms. The van der Waals surface area contributed by atoms with Crippen molar-refractivity contribution in [1.29, 1.82) is 0 Å². The minimum absolute atomic E-state index is 0.0308. The van der Waals surface area contributed by atoms with Crippen molar-refractivity contribution in [2.45, 2.75) is 12.5 Å². The number of nitrogens with one attached hydrogen (secondary N) is 1. The van der Waals surface area contributed by atoms with Crippen LogP contribution in [-0.4, -0.2) is 52.9 Å². The van der Waals surface area contributed by atoms with Gasteiger partial charge in [-0.05, 0) is 66.6 Å². The van der Waals surface area contributed by atoms with Gasteiger partial charge in [0.05, 0.1) is 33.3 Å². The van der Waals surface area contributed by atoms with E-state index in [-0.39, 0.29) is 17.9 Å². The lowest BCUT2D eigenvalue weighted by atomic mass is 9.83. The highest BCUT2D eigenvalue weighted by Gasteiger charge is 2.41. The summed E-state index contributed by atoms with van der Waals surface area (Å²) in [4.78, 5) is 18.4. The molecule has 5 rings (SSSR count). The molecule has 0 aromatic heterocycles. The second kappa shape index (κ2) is 9.78. The van der Waals surface area contributed by atoms with Gasteiger partial charge in [-0.1, -0.05) is 6.07 Å². The highest BCUT2D eigenvalue weighted by atomic mass is 16.5. The van der Waals surface area contributed by atoms with Gasteiger partial charge in [0.2, 0.25) is 5.91 Å². The number of carbonyl (C=O) groups is 1. The standard InChI is InChI=1S/C28H31N3O4/c1-33-22-10-5-20(6-11-22)29-28(32)25-16-19-4-9-24(35-3)17-26(19)31-15-14-30(18-27(25)31)21-7-12-23(34-2)13-8-21/h4-13,17,25,27H,14-16,18H2,1-3H3,(H,29,32). The van der Waals surface area contributed by atoms with E-state index < -0.39 is 0 Å². The molecular weight excluding hydrogens is 442 g/mol. The molecule has 1 N–H and O–H groups in total. The van der Waals surface area contributed by atoms with E-state index in [4.69, 9.17) is 14.2 Å². The Morgan fingerprint density at radius 1 is 0.829 bits per heavy atom. The number of methoxy groups -OCH3 is 3. The molecule has 2 aliphatic heterocycles. The van der Waals surface area contributed by atoms with Gasteiger partial charge in [0.15, 0.2) is 0 Å². The first-order chi connectivity index (χ1) is 17.1. The van der Waals surface area contributed by atoms with Crippen LogP contribution in [0.4, 0.5) is 17.1 Å². The second-order valence-corrected chi connectivity index (χ2v) is 8.93. The zero-order valence-electron chi connectivity index (χ0n) is 20.4. The van der Waals surface area contributed by atoms with Crippen LogP contribution in [0.15, 0.2) is 66.7 Å². The van der Waals surface area contributed by atoms with Gasteiger partial charge in [-0.25, -0.2) is 0 Å². The number of hydrogen-bond donors (Lipinski definition) is 1. The molecule has 0 spiro atoms. The molecule has 1 fully saturated rings. The van der Waals surface area contributed by atoms with Crippen LogP contribution in [-0.2, 0) is 11.2 Å². The average Bonchev–Trinajstić information content (AvgIpc) is 2.92. The van der Waals surface area contributed by atoms with E-state index in [1.165, 1.54) is 5.56 Å². The maximum Gasteiger partial charge on any atom is 0.229 e. The third kappa shape index (κ3) is 4.58. The predicted molar refractivity (Wildman–Crippen MR) is 138 cm³/mol. The van der Waals surface area contributed by atoms with E-state index in [1.54, 1.807) is 21.3 Å². The Hall–Kier alpha value is -3.87. The Labute approximate surface area is 206 Å². The minimum atomic E-state index is -0.195. The molecule has 1 saturated heterocycles. The molecule has 2 atom stereocenters. The molecule has 3 aromatic carbocycles. The third-order valence-electron chi connectivity index (χ3n) is 7.06. The molecule has 0 radical (unpaired) electrons. The lowest BCUT2D eigenvalue weighted by molar-refractivity contribution is -0.120. The monoisotopic (exact) mass is 473 g/mol. The molecule has 0 bridgehead atoms. The van der Waals surface area contributed by atoms with Crippen molar-refractivity contribution in [2.24, 2.45) is 5.92 Å². The molecule has 1 amide bonds. The largest absolute Gasteiger partial charge is 0.497 e. The molecule has 7 nitrogen and oxygen atoms in total. The van der Waals surface area contributed by atoms with Gasteiger partial charge >= 0.3 is 0 Å². The Morgan fingerprint density at radius 3 is 2.11 bits per heavy atom. The van der Waals surface area contributed by atoms with E-state index in [1.807, 2.05) is 42.5 Å². The van der Waals surface area contributed by atoms with Gasteiger partial charge < -0.3 is 29.3 Å². The fourth-order valence-corrected chi connectivity index (χ4v) is 5.14. The number of hydrogen-bond acceptors (Lipinski definition) is 6. The fourth-order valence-electron chi connectivity index (χ4n) is 5.14. The van der Waals surface area contributed by atoms with E-state index in [2.05, 4.69) is 39.4 Å². The van der Waals surface area contributed by atoms with E-state index >= 15 is 0 Å². The molecule has 2 heterocycles. The van der Waals surface area contributed by atoms with Gasteiger partial charge in [-0.15, -0.1) is 0 Å². The number of benzene rings is 3. The fraction of sp³-hybridized carbons (Fsp3) is 0.321. The first-order valence-electron chi connectivity index (χ1n) is 11.9. The first-order valence-corrected chi connectivity index (χ1v) is 11.9. The lowest BCUT2D eigenvalue weighted by Crippen LogP contribution is -2.60. The minimum Gasteiger partial charge on any atom is -0.497 e. The molecule has 2 aliphatic rings. The molecule has 0 aliphatic carbocycles. The highest BCUT2D eigenvalue weighted by molar-refractivity contribution is 5.94. The predicted octanol–water partition coefficient (Wildman–Crippen LogP) is 4.22. The lowest BCUT2D eigenvalue weighted by Gasteiger charge is -2.49. The maximum absolute atomic E-state index is 13.6. The molecule has 182 valence electrons. The summed E-state index contributed by atoms with van der Waals surface area (Å²) in [5, 5.41) is 3.14. The summed E-state index contributed by atoms with van der Waals surface area (Å²) < 4.78 is 16.1. The van der Waals surface area contributed by atoms with Crippen LogP contribution in [0.25, 0.3) is 0 Å². The Balaban J connectivity index is 1.43. The molecule has 2 unspecified atom stereocenters. The summed E-state index contributed by atoms with van der Waals surface area (Å²) >= 11 is 0. The van der Waals surface area contributed by atoms with Crippen LogP contribution in [0.3, 0.4) is 0 Å². The smallest absolute Gasteiger partial charge is 0.229 e. The van der Waals surface area contributed by atoms with Crippen molar-refractivity contribution in [1.82, 2.24) is 0 Å². The van der Waals surface area contributed by atoms with Gasteiger partial charge in [0, 0.05) is 42.8 Å². The Morgan fingerprint density at radius 2 is 1.46 bits per heavy atom. The van der Waals surface area contributed by atoms with Crippen molar-refractivity contribution in [3.05, 3.63) is 72.3 Å². The zero-order chi connectivity index (χ0) is 24.4. The number of fused-ring (bicyclic) bond motifs is 3. The van der Waals surface area contributed by atoms with Crippen LogP contribution in [0.1, 0.15) is 5.56 Å². The summed E-state index contributed by atoms with van der Waals surface area (Å²) in [5.74, 6) is 2.27. The molecular formula is C28H31N3O4. The number of anilines is 3. The SMILES string of the molecule is COc1ccc(NC(=O)C2Cc3ccc(OC)cc3N3CCN(c4ccc(OC)cc4)CC23)cc1. The average molecular weight is 474 g/mol. The van der Waals surface area contributed by atoms with Crippen LogP contribution < -0.4 is 29.3 Å². The molecule has 0 saturated carbocycles. The Kier molecular flexibility index (Phi) is 6.40. The third-order valence-corrected chi connectivity index (χ3v) is 7.06. The van der Waals surface area contributed by atoms with E-state index in [0.717, 1.165) is 53.9 Å². The van der Waals surface area contributed by atoms with Crippen LogP contribution >= 0.6 is 0 Å². The van der Waals surface area contributed by atoms with Crippen LogP contribution in [0.2, 0.25) is 0 Å². The van der Waals surface area contributed by atoms with Crippen molar-refractivity contribution in [3.8, 4) is 17.2 Å². The van der Waals surface area contributed by atoms with Crippen LogP contribution in [0, 0.1) is 5.92 Å². The first kappa shape index (κ1) is 22.9. The number of ether oxygens (including phenoxy) is 3. The second-order valence-electron chi connectivity index (χ2n) is 8.93. The topological polar surface area (TPSA) is 63.3 Å². The highest BCUT2D eigenvalue weighted by Crippen LogP contribution is 2.39. The summed E-state index contributed by atoms with van der Waals surface area (Å²) in [5.41, 5.74) is 4.24. The van der Waals surface area contributed by atoms with Crippen LogP contribution in [0.5, 0.6) is 17.2 Å². The summed E-state index contributed by atoms with van der Waals surface area (Å²) in [6, 6.07) is 21.8. The summed E-state index contributed by atoms with van der Waals surface area (Å²) in [6.45, 7) is 2.44. The van der Waals surface area contributed by atoms with Gasteiger partial charge in [-0.3, -0.25) is 4.79 Å². The molecule has 3 aromatic rings. The number of amides is 1. The quantitative estimate of drug-likeness (QED) is 0.579. The van der Waals surface area contributed by atoms with Gasteiger partial charge in [0.1, 0.15) is 17.2 Å². The summed E-state index contributed by atoms with van der Waals surface area (Å²) in [7, 11) is 5.00. The van der Waals surface area contributed by atoms with E-state index in [9.17, 15) is 4.79 Å². The van der Waals surface area contributed by atoms with Crippen molar-refractivity contribution < 1.29 is 19.0 Å². The Bertz CT molecular complexity index is 1180. The molecule has 7 heteroatoms. The van der Waals surface area contributed by atoms with Crippen molar-refractivity contribution in [3.63, 3.8) is 0 Å². The normalized spacial score (nSPS) is 18.8. The summed E-state index contributed by atoms with van der Waals surface area (Å²) in [6.07, 6.45) is 0.679. The number of nitrogens with zero attached hydrogens (tertiary/aromatic N) is 2. The van der Waals surface area contributed by atoms with Gasteiger partial charge in [-0.2, -0.15) is 0 Å². The number of carbonyl (C=O) groups excluding carboxylic acids is 1. The zero-order valence-corrected chi connectivity index (χ0v) is 20.4. The van der Waals surface area contributed by atoms with Gasteiger partial charge in [0.25, 0.3) is 0 Å². The van der Waals surface area contributed by atoms with Crippen molar-refractivity contribution in [2.75, 3.05) is 56.1 Å². The van der Waals surface area contributed by atoms with E-state index in [0.29, 0.717) is 6.42 Å². The maximum atomic E-state index is 13.6.